The Balaban J connectivity index is 1.34. The van der Waals surface area contributed by atoms with Gasteiger partial charge in [-0.3, -0.25) is 0 Å². The first-order chi connectivity index (χ1) is 18.8. The van der Waals surface area contributed by atoms with Gasteiger partial charge in [-0.05, 0) is 106 Å². The standard InChI is InChI=1S/C38H39N/c1-6-25-16-19-30-32-21-18-28(24-36(32)38(4,5)34(30)22-25)39(26-12-8-7-9-13-26)27-17-20-31-29-14-10-11-15-33(29)37(2,3)35(31)23-27/h7-15,17-18,20-23,36H,6,16,19,24H2,1-5H3. The van der Waals surface area contributed by atoms with E-state index in [1.807, 2.05) is 0 Å². The molecule has 0 amide bonds. The molecule has 1 nitrogen and oxygen atoms in total. The molecule has 3 aromatic rings. The van der Waals surface area contributed by atoms with Crippen LogP contribution in [-0.2, 0) is 5.41 Å². The largest absolute Gasteiger partial charge is 0.314 e. The molecule has 4 aliphatic carbocycles. The Morgan fingerprint density at radius 1 is 0.769 bits per heavy atom. The molecule has 196 valence electrons. The minimum absolute atomic E-state index is 0.0158. The number of anilines is 2. The van der Waals surface area contributed by atoms with Crippen molar-refractivity contribution in [1.29, 1.82) is 0 Å². The molecule has 7 rings (SSSR count). The van der Waals surface area contributed by atoms with E-state index < -0.39 is 0 Å². The molecule has 0 radical (unpaired) electrons. The van der Waals surface area contributed by atoms with Crippen LogP contribution in [0.15, 0.2) is 119 Å². The van der Waals surface area contributed by atoms with Crippen LogP contribution < -0.4 is 4.90 Å². The van der Waals surface area contributed by atoms with Crippen LogP contribution in [0.1, 0.15) is 71.4 Å². The van der Waals surface area contributed by atoms with Gasteiger partial charge in [0.15, 0.2) is 0 Å². The van der Waals surface area contributed by atoms with Crippen LogP contribution in [0.3, 0.4) is 0 Å². The van der Waals surface area contributed by atoms with E-state index in [9.17, 15) is 0 Å². The Morgan fingerprint density at radius 3 is 2.31 bits per heavy atom. The molecule has 0 spiro atoms. The van der Waals surface area contributed by atoms with Crippen molar-refractivity contribution in [2.75, 3.05) is 4.90 Å². The van der Waals surface area contributed by atoms with Crippen molar-refractivity contribution in [2.24, 2.45) is 11.3 Å². The molecule has 0 aromatic heterocycles. The first kappa shape index (κ1) is 24.5. The molecular formula is C38H39N. The molecular weight excluding hydrogens is 470 g/mol. The molecule has 1 atom stereocenters. The van der Waals surface area contributed by atoms with Gasteiger partial charge >= 0.3 is 0 Å². The highest BCUT2D eigenvalue weighted by Crippen LogP contribution is 2.58. The van der Waals surface area contributed by atoms with E-state index in [-0.39, 0.29) is 10.8 Å². The Labute approximate surface area is 234 Å². The number of hydrogen-bond donors (Lipinski definition) is 0. The number of para-hydroxylation sites is 1. The fourth-order valence-electron chi connectivity index (χ4n) is 7.82. The van der Waals surface area contributed by atoms with Crippen LogP contribution in [-0.4, -0.2) is 0 Å². The summed E-state index contributed by atoms with van der Waals surface area (Å²) in [5.74, 6) is 0.510. The zero-order chi connectivity index (χ0) is 26.9. The van der Waals surface area contributed by atoms with Gasteiger partial charge in [-0.15, -0.1) is 0 Å². The van der Waals surface area contributed by atoms with E-state index in [1.165, 1.54) is 58.6 Å². The Bertz CT molecular complexity index is 1610. The lowest BCUT2D eigenvalue weighted by Gasteiger charge is -2.37. The van der Waals surface area contributed by atoms with Crippen molar-refractivity contribution in [3.8, 4) is 11.1 Å². The SMILES string of the molecule is CCC1=CC2=C(CC1)C1=CC=C(N(c3ccccc3)c3ccc4c(c3)C(C)(C)c3ccccc3-4)CC1C2(C)C. The fraction of sp³-hybridized carbons (Fsp3) is 0.316. The normalized spacial score (nSPS) is 21.8. The third kappa shape index (κ3) is 3.59. The first-order valence-electron chi connectivity index (χ1n) is 14.7. The zero-order valence-electron chi connectivity index (χ0n) is 24.0. The highest BCUT2D eigenvalue weighted by molar-refractivity contribution is 5.84. The van der Waals surface area contributed by atoms with Crippen molar-refractivity contribution in [1.82, 2.24) is 0 Å². The maximum atomic E-state index is 2.55. The maximum absolute atomic E-state index is 2.55. The van der Waals surface area contributed by atoms with Crippen molar-refractivity contribution < 1.29 is 0 Å². The third-order valence-electron chi connectivity index (χ3n) is 10.1. The molecule has 0 aliphatic heterocycles. The fourth-order valence-corrected chi connectivity index (χ4v) is 7.82. The van der Waals surface area contributed by atoms with Crippen LogP contribution in [0.25, 0.3) is 11.1 Å². The second-order valence-electron chi connectivity index (χ2n) is 12.9. The number of allylic oxidation sites excluding steroid dienone is 8. The first-order valence-corrected chi connectivity index (χ1v) is 14.7. The summed E-state index contributed by atoms with van der Waals surface area (Å²) in [6.07, 6.45) is 12.1. The molecule has 0 heterocycles. The lowest BCUT2D eigenvalue weighted by molar-refractivity contribution is 0.329. The van der Waals surface area contributed by atoms with Gasteiger partial charge in [0.25, 0.3) is 0 Å². The summed E-state index contributed by atoms with van der Waals surface area (Å²) < 4.78 is 0. The van der Waals surface area contributed by atoms with Crippen molar-refractivity contribution in [3.63, 3.8) is 0 Å². The summed E-state index contributed by atoms with van der Waals surface area (Å²) in [4.78, 5) is 2.52. The molecule has 0 N–H and O–H groups in total. The average molecular weight is 510 g/mol. The number of fused-ring (bicyclic) bond motifs is 5. The molecule has 0 saturated carbocycles. The van der Waals surface area contributed by atoms with Crippen LogP contribution in [0.4, 0.5) is 11.4 Å². The molecule has 3 aromatic carbocycles. The Hall–Kier alpha value is -3.58. The second-order valence-corrected chi connectivity index (χ2v) is 12.9. The second kappa shape index (κ2) is 8.71. The lowest BCUT2D eigenvalue weighted by atomic mass is 9.72. The summed E-state index contributed by atoms with van der Waals surface area (Å²) in [7, 11) is 0. The van der Waals surface area contributed by atoms with Crippen molar-refractivity contribution in [3.05, 3.63) is 130 Å². The van der Waals surface area contributed by atoms with E-state index in [2.05, 4.69) is 131 Å². The van der Waals surface area contributed by atoms with Gasteiger partial charge in [-0.2, -0.15) is 0 Å². The van der Waals surface area contributed by atoms with Gasteiger partial charge in [0.2, 0.25) is 0 Å². The molecule has 39 heavy (non-hydrogen) atoms. The summed E-state index contributed by atoms with van der Waals surface area (Å²) in [5.41, 5.74) is 16.0. The molecule has 0 fully saturated rings. The summed E-state index contributed by atoms with van der Waals surface area (Å²) in [6.45, 7) is 12.0. The van der Waals surface area contributed by atoms with Gasteiger partial charge in [0.05, 0.1) is 0 Å². The summed E-state index contributed by atoms with van der Waals surface area (Å²) in [6, 6.07) is 27.0. The third-order valence-corrected chi connectivity index (χ3v) is 10.1. The number of benzene rings is 3. The van der Waals surface area contributed by atoms with Gasteiger partial charge in [-0.1, -0.05) is 101 Å². The highest BCUT2D eigenvalue weighted by Gasteiger charge is 2.46. The van der Waals surface area contributed by atoms with E-state index >= 15 is 0 Å². The monoisotopic (exact) mass is 509 g/mol. The van der Waals surface area contributed by atoms with Crippen LogP contribution in [0.2, 0.25) is 0 Å². The minimum Gasteiger partial charge on any atom is -0.314 e. The average Bonchev–Trinajstić information content (AvgIpc) is 3.33. The zero-order valence-corrected chi connectivity index (χ0v) is 24.0. The van der Waals surface area contributed by atoms with Crippen LogP contribution in [0, 0.1) is 11.3 Å². The van der Waals surface area contributed by atoms with Gasteiger partial charge in [-0.25, -0.2) is 0 Å². The van der Waals surface area contributed by atoms with Gasteiger partial charge < -0.3 is 4.90 Å². The van der Waals surface area contributed by atoms with Gasteiger partial charge in [0, 0.05) is 22.5 Å². The van der Waals surface area contributed by atoms with E-state index in [0.29, 0.717) is 5.92 Å². The molecule has 0 saturated heterocycles. The molecule has 1 heteroatoms. The molecule has 4 aliphatic rings. The van der Waals surface area contributed by atoms with E-state index in [1.54, 1.807) is 22.3 Å². The van der Waals surface area contributed by atoms with Gasteiger partial charge in [0.1, 0.15) is 0 Å². The maximum Gasteiger partial charge on any atom is 0.0461 e. The highest BCUT2D eigenvalue weighted by atomic mass is 15.1. The minimum atomic E-state index is -0.0158. The smallest absolute Gasteiger partial charge is 0.0461 e. The van der Waals surface area contributed by atoms with Crippen LogP contribution in [0.5, 0.6) is 0 Å². The number of rotatable bonds is 4. The predicted molar refractivity (Wildman–Crippen MR) is 165 cm³/mol. The van der Waals surface area contributed by atoms with Crippen molar-refractivity contribution >= 4 is 11.4 Å². The van der Waals surface area contributed by atoms with E-state index in [0.717, 1.165) is 6.42 Å². The summed E-state index contributed by atoms with van der Waals surface area (Å²) >= 11 is 0. The quantitative estimate of drug-likeness (QED) is 0.338. The summed E-state index contributed by atoms with van der Waals surface area (Å²) in [5, 5.41) is 0. The number of hydrogen-bond acceptors (Lipinski definition) is 1. The lowest BCUT2D eigenvalue weighted by Crippen LogP contribution is -2.28. The van der Waals surface area contributed by atoms with E-state index in [4.69, 9.17) is 0 Å². The van der Waals surface area contributed by atoms with Crippen molar-refractivity contribution in [2.45, 2.75) is 65.7 Å². The predicted octanol–water partition coefficient (Wildman–Crippen LogP) is 10.4. The van der Waals surface area contributed by atoms with Crippen LogP contribution >= 0.6 is 0 Å². The Morgan fingerprint density at radius 2 is 1.51 bits per heavy atom. The molecule has 1 unspecified atom stereocenters. The number of nitrogens with zero attached hydrogens (tertiary/aromatic N) is 1. The topological polar surface area (TPSA) is 3.24 Å². The Kier molecular flexibility index (Phi) is 5.47. The molecule has 0 bridgehead atoms.